The molecule has 1 atom stereocenters. The van der Waals surface area contributed by atoms with Crippen LogP contribution in [0.1, 0.15) is 36.5 Å². The van der Waals surface area contributed by atoms with Gasteiger partial charge in [0.25, 0.3) is 0 Å². The van der Waals surface area contributed by atoms with Gasteiger partial charge in [0.05, 0.1) is 20.2 Å². The maximum Gasteiger partial charge on any atom is 0.191 e. The van der Waals surface area contributed by atoms with Crippen LogP contribution in [-0.2, 0) is 12.1 Å². The maximum absolute atomic E-state index is 13.8. The van der Waals surface area contributed by atoms with Gasteiger partial charge < -0.3 is 24.9 Å². The minimum absolute atomic E-state index is 0.203. The van der Waals surface area contributed by atoms with E-state index in [1.165, 1.54) is 13.2 Å². The van der Waals surface area contributed by atoms with E-state index in [-0.39, 0.29) is 12.3 Å². The zero-order valence-electron chi connectivity index (χ0n) is 16.5. The van der Waals surface area contributed by atoms with Gasteiger partial charge in [-0.2, -0.15) is 0 Å². The topological polar surface area (TPSA) is 79.0 Å². The fourth-order valence-corrected chi connectivity index (χ4v) is 2.84. The molecule has 0 saturated heterocycles. The van der Waals surface area contributed by atoms with Crippen LogP contribution in [-0.4, -0.2) is 31.3 Å². The van der Waals surface area contributed by atoms with Crippen LogP contribution >= 0.6 is 0 Å². The van der Waals surface area contributed by atoms with Crippen molar-refractivity contribution in [2.24, 2.45) is 4.99 Å². The van der Waals surface area contributed by atoms with E-state index >= 15 is 0 Å². The smallest absolute Gasteiger partial charge is 0.191 e. The number of aliphatic imine (C=N–C) groups is 1. The van der Waals surface area contributed by atoms with Crippen LogP contribution in [0.2, 0.25) is 0 Å². The number of methoxy groups -OCH3 is 1. The molecule has 0 amide bonds. The van der Waals surface area contributed by atoms with Gasteiger partial charge in [0.1, 0.15) is 17.1 Å². The third-order valence-corrected chi connectivity index (χ3v) is 4.20. The molecule has 0 bridgehead atoms. The van der Waals surface area contributed by atoms with Gasteiger partial charge in [-0.3, -0.25) is 0 Å². The van der Waals surface area contributed by atoms with Crippen LogP contribution in [0.15, 0.2) is 33.7 Å². The third-order valence-electron chi connectivity index (χ3n) is 4.20. The molecule has 0 fully saturated rings. The number of aliphatic hydroxyl groups is 1. The van der Waals surface area contributed by atoms with E-state index in [1.807, 2.05) is 26.8 Å². The summed E-state index contributed by atoms with van der Waals surface area (Å²) in [6, 6.07) is 6.58. The van der Waals surface area contributed by atoms with Crippen molar-refractivity contribution < 1.29 is 18.7 Å². The van der Waals surface area contributed by atoms with Crippen LogP contribution in [0.25, 0.3) is 0 Å². The highest BCUT2D eigenvalue weighted by Crippen LogP contribution is 2.26. The normalized spacial score (nSPS) is 14.0. The minimum atomic E-state index is -1.12. The molecule has 6 nitrogen and oxygen atoms in total. The highest BCUT2D eigenvalue weighted by molar-refractivity contribution is 5.79. The van der Waals surface area contributed by atoms with E-state index in [9.17, 15) is 9.50 Å². The van der Waals surface area contributed by atoms with E-state index in [4.69, 9.17) is 9.15 Å². The van der Waals surface area contributed by atoms with Crippen molar-refractivity contribution in [2.75, 3.05) is 20.2 Å². The fraction of sp³-hybridized carbons (Fsp3) is 0.450. The summed E-state index contributed by atoms with van der Waals surface area (Å²) in [5.41, 5.74) is 0.337. The maximum atomic E-state index is 13.8. The second-order valence-electron chi connectivity index (χ2n) is 6.62. The molecule has 2 aromatic rings. The standard InChI is InChI=1S/C20H28FN3O3/c1-6-22-19(23-11-15-7-8-18(26-5)17(21)10-15)24-12-20(4,25)16-9-13(2)27-14(16)3/h7-10,25H,6,11-12H2,1-5H3,(H2,22,23,24). The molecule has 148 valence electrons. The molecule has 27 heavy (non-hydrogen) atoms. The van der Waals surface area contributed by atoms with Crippen molar-refractivity contribution in [2.45, 2.75) is 39.8 Å². The predicted molar refractivity (Wildman–Crippen MR) is 104 cm³/mol. The zero-order chi connectivity index (χ0) is 20.0. The van der Waals surface area contributed by atoms with Crippen molar-refractivity contribution >= 4 is 5.96 Å². The molecular formula is C20H28FN3O3. The average Bonchev–Trinajstić information content (AvgIpc) is 2.97. The van der Waals surface area contributed by atoms with E-state index in [1.54, 1.807) is 19.1 Å². The van der Waals surface area contributed by atoms with E-state index in [2.05, 4.69) is 15.6 Å². The molecule has 2 rings (SSSR count). The Balaban J connectivity index is 2.07. The summed E-state index contributed by atoms with van der Waals surface area (Å²) < 4.78 is 24.2. The largest absolute Gasteiger partial charge is 0.494 e. The van der Waals surface area contributed by atoms with Crippen molar-refractivity contribution in [3.63, 3.8) is 0 Å². The fourth-order valence-electron chi connectivity index (χ4n) is 2.84. The number of hydrogen-bond donors (Lipinski definition) is 3. The quantitative estimate of drug-likeness (QED) is 0.511. The van der Waals surface area contributed by atoms with Crippen molar-refractivity contribution in [1.29, 1.82) is 0 Å². The first kappa shape index (κ1) is 20.8. The molecule has 0 radical (unpaired) electrons. The van der Waals surface area contributed by atoms with Crippen LogP contribution < -0.4 is 15.4 Å². The Morgan fingerprint density at radius 2 is 2.04 bits per heavy atom. The number of hydrogen-bond acceptors (Lipinski definition) is 4. The number of nitrogens with one attached hydrogen (secondary N) is 2. The van der Waals surface area contributed by atoms with Crippen molar-refractivity contribution in [1.82, 2.24) is 10.6 Å². The first-order valence-electron chi connectivity index (χ1n) is 8.91. The Morgan fingerprint density at radius 1 is 1.30 bits per heavy atom. The molecular weight excluding hydrogens is 349 g/mol. The Kier molecular flexibility index (Phi) is 6.85. The zero-order valence-corrected chi connectivity index (χ0v) is 16.5. The Labute approximate surface area is 159 Å². The first-order chi connectivity index (χ1) is 12.8. The summed E-state index contributed by atoms with van der Waals surface area (Å²) in [5.74, 6) is 1.76. The summed E-state index contributed by atoms with van der Waals surface area (Å²) in [7, 11) is 1.43. The van der Waals surface area contributed by atoms with Gasteiger partial charge in [0.15, 0.2) is 17.5 Å². The number of nitrogens with zero attached hydrogens (tertiary/aromatic N) is 1. The van der Waals surface area contributed by atoms with Gasteiger partial charge in [-0.1, -0.05) is 6.07 Å². The molecule has 0 aliphatic rings. The lowest BCUT2D eigenvalue weighted by Crippen LogP contribution is -2.44. The van der Waals surface area contributed by atoms with E-state index in [0.717, 1.165) is 16.9 Å². The molecule has 0 spiro atoms. The summed E-state index contributed by atoms with van der Waals surface area (Å²) in [6.07, 6.45) is 0. The molecule has 1 unspecified atom stereocenters. The molecule has 0 aliphatic carbocycles. The van der Waals surface area contributed by atoms with Gasteiger partial charge in [-0.15, -0.1) is 0 Å². The number of halogens is 1. The summed E-state index contributed by atoms with van der Waals surface area (Å²) in [4.78, 5) is 4.46. The van der Waals surface area contributed by atoms with E-state index in [0.29, 0.717) is 24.8 Å². The summed E-state index contributed by atoms with van der Waals surface area (Å²) in [6.45, 7) is 8.55. The number of aryl methyl sites for hydroxylation is 2. The van der Waals surface area contributed by atoms with Gasteiger partial charge in [-0.25, -0.2) is 9.38 Å². The Hall–Kier alpha value is -2.54. The lowest BCUT2D eigenvalue weighted by atomic mass is 9.96. The molecule has 1 aromatic carbocycles. The second kappa shape index (κ2) is 8.90. The van der Waals surface area contributed by atoms with Crippen molar-refractivity contribution in [3.8, 4) is 5.75 Å². The number of furan rings is 1. The molecule has 1 heterocycles. The van der Waals surface area contributed by atoms with Crippen LogP contribution in [0.3, 0.4) is 0 Å². The molecule has 1 aromatic heterocycles. The molecule has 0 saturated carbocycles. The minimum Gasteiger partial charge on any atom is -0.494 e. The lowest BCUT2D eigenvalue weighted by Gasteiger charge is -2.24. The van der Waals surface area contributed by atoms with Crippen LogP contribution in [0.5, 0.6) is 5.75 Å². The van der Waals surface area contributed by atoms with Crippen molar-refractivity contribution in [3.05, 3.63) is 52.7 Å². The first-order valence-corrected chi connectivity index (χ1v) is 8.91. The number of ether oxygens (including phenoxy) is 1. The van der Waals surface area contributed by atoms with Gasteiger partial charge >= 0.3 is 0 Å². The lowest BCUT2D eigenvalue weighted by molar-refractivity contribution is 0.0601. The van der Waals surface area contributed by atoms with Crippen LogP contribution in [0.4, 0.5) is 4.39 Å². The molecule has 3 N–H and O–H groups in total. The highest BCUT2D eigenvalue weighted by Gasteiger charge is 2.27. The number of benzene rings is 1. The predicted octanol–water partition coefficient (Wildman–Crippen LogP) is 3.01. The number of guanidine groups is 1. The van der Waals surface area contributed by atoms with Gasteiger partial charge in [-0.05, 0) is 51.5 Å². The van der Waals surface area contributed by atoms with Gasteiger partial charge in [0, 0.05) is 12.1 Å². The third kappa shape index (κ3) is 5.47. The van der Waals surface area contributed by atoms with Crippen LogP contribution in [0, 0.1) is 19.7 Å². The Morgan fingerprint density at radius 3 is 2.59 bits per heavy atom. The van der Waals surface area contributed by atoms with Gasteiger partial charge in [0.2, 0.25) is 0 Å². The van der Waals surface area contributed by atoms with E-state index < -0.39 is 11.4 Å². The SMILES string of the molecule is CCNC(=NCc1ccc(OC)c(F)c1)NCC(C)(O)c1cc(C)oc1C. The second-order valence-corrected chi connectivity index (χ2v) is 6.62. The monoisotopic (exact) mass is 377 g/mol. The number of rotatable bonds is 7. The average molecular weight is 377 g/mol. The highest BCUT2D eigenvalue weighted by atomic mass is 19.1. The summed E-state index contributed by atoms with van der Waals surface area (Å²) in [5, 5.41) is 17.1. The summed E-state index contributed by atoms with van der Waals surface area (Å²) >= 11 is 0. The molecule has 0 aliphatic heterocycles. The Bertz CT molecular complexity index is 800. The molecule has 7 heteroatoms.